The van der Waals surface area contributed by atoms with Crippen LogP contribution in [-0.2, 0) is 25.8 Å². The molecule has 1 heterocycles. The molecule has 1 saturated carbocycles. The highest BCUT2D eigenvalue weighted by Gasteiger charge is 2.45. The minimum Gasteiger partial charge on any atom is -0.390 e. The van der Waals surface area contributed by atoms with Crippen LogP contribution in [0.1, 0.15) is 93.1 Å². The van der Waals surface area contributed by atoms with Crippen LogP contribution in [-0.4, -0.2) is 90.6 Å². The standard InChI is InChI=1S/C35H60N4O5S/c1-33(2,3)23-36-30(35(7,8)45(9,43)44)32(42)37-27(19-24-15-11-10-12-16-24)29(40)22-39-21-26-18-14-13-17-25(26)20-28(39)31(41)38-34(4,5)6/h10-12,15-16,25-30,36,40H,13-14,17-23H2,1-9H3,(H,37,42)(H,38,41)/t25-,26+,27-,28-,29+,30+/m0/s1. The summed E-state index contributed by atoms with van der Waals surface area (Å²) in [6.07, 6.45) is 5.90. The molecule has 45 heavy (non-hydrogen) atoms. The summed E-state index contributed by atoms with van der Waals surface area (Å²) in [5, 5.41) is 21.3. The summed E-state index contributed by atoms with van der Waals surface area (Å²) < 4.78 is 24.4. The van der Waals surface area contributed by atoms with Gasteiger partial charge in [-0.25, -0.2) is 8.42 Å². The number of benzene rings is 1. The molecule has 6 atom stereocenters. The first kappa shape index (κ1) is 37.4. The van der Waals surface area contributed by atoms with E-state index < -0.39 is 38.7 Å². The fourth-order valence-corrected chi connectivity index (χ4v) is 7.31. The zero-order chi connectivity index (χ0) is 33.8. The molecular formula is C35H60N4O5S. The molecule has 2 aliphatic rings. The molecule has 0 radical (unpaired) electrons. The van der Waals surface area contributed by atoms with E-state index in [0.29, 0.717) is 24.8 Å². The highest BCUT2D eigenvalue weighted by atomic mass is 32.2. The van der Waals surface area contributed by atoms with Gasteiger partial charge in [0.05, 0.1) is 22.9 Å². The zero-order valence-electron chi connectivity index (χ0n) is 29.2. The summed E-state index contributed by atoms with van der Waals surface area (Å²) in [5.41, 5.74) is 0.371. The topological polar surface area (TPSA) is 128 Å². The average Bonchev–Trinajstić information content (AvgIpc) is 2.90. The van der Waals surface area contributed by atoms with Crippen molar-refractivity contribution >= 4 is 21.7 Å². The molecule has 1 aromatic rings. The van der Waals surface area contributed by atoms with E-state index in [1.54, 1.807) is 13.8 Å². The zero-order valence-corrected chi connectivity index (χ0v) is 30.0. The molecule has 2 amide bonds. The predicted molar refractivity (Wildman–Crippen MR) is 182 cm³/mol. The molecule has 2 fully saturated rings. The lowest BCUT2D eigenvalue weighted by molar-refractivity contribution is -0.133. The number of carbonyl (C=O) groups is 2. The first-order chi connectivity index (χ1) is 20.7. The van der Waals surface area contributed by atoms with E-state index in [-0.39, 0.29) is 29.4 Å². The van der Waals surface area contributed by atoms with Crippen molar-refractivity contribution in [3.8, 4) is 0 Å². The largest absolute Gasteiger partial charge is 0.390 e. The lowest BCUT2D eigenvalue weighted by Crippen LogP contribution is -2.64. The number of aliphatic hydroxyl groups excluding tert-OH is 1. The Labute approximate surface area is 272 Å². The van der Waals surface area contributed by atoms with Gasteiger partial charge in [-0.1, -0.05) is 70.4 Å². The minimum atomic E-state index is -3.63. The van der Waals surface area contributed by atoms with Crippen LogP contribution in [0.3, 0.4) is 0 Å². The van der Waals surface area contributed by atoms with E-state index in [9.17, 15) is 23.1 Å². The monoisotopic (exact) mass is 648 g/mol. The van der Waals surface area contributed by atoms with Gasteiger partial charge in [-0.15, -0.1) is 0 Å². The Morgan fingerprint density at radius 3 is 2.13 bits per heavy atom. The van der Waals surface area contributed by atoms with Gasteiger partial charge in [0.2, 0.25) is 11.8 Å². The number of hydrogen-bond donors (Lipinski definition) is 4. The second-order valence-electron chi connectivity index (χ2n) is 16.4. The Kier molecular flexibility index (Phi) is 12.3. The van der Waals surface area contributed by atoms with E-state index in [1.807, 2.05) is 71.9 Å². The number of carbonyl (C=O) groups excluding carboxylic acids is 2. The molecule has 0 bridgehead atoms. The highest BCUT2D eigenvalue weighted by Crippen LogP contribution is 2.39. The number of β-amino-alcohol motifs (C(OH)–C–C–N with tert-alkyl or cyclic N) is 1. The molecule has 3 rings (SSSR count). The number of sulfone groups is 1. The highest BCUT2D eigenvalue weighted by molar-refractivity contribution is 7.92. The van der Waals surface area contributed by atoms with Crippen LogP contribution in [0.25, 0.3) is 0 Å². The smallest absolute Gasteiger partial charge is 0.239 e. The molecule has 0 unspecified atom stereocenters. The average molecular weight is 649 g/mol. The second-order valence-corrected chi connectivity index (χ2v) is 19.0. The Balaban J connectivity index is 1.91. The number of hydrogen-bond acceptors (Lipinski definition) is 7. The van der Waals surface area contributed by atoms with Crippen LogP contribution in [0, 0.1) is 17.3 Å². The number of aliphatic hydroxyl groups is 1. The Bertz CT molecular complexity index is 1240. The first-order valence-electron chi connectivity index (χ1n) is 16.7. The number of fused-ring (bicyclic) bond motifs is 1. The van der Waals surface area contributed by atoms with Gasteiger partial charge in [0, 0.05) is 31.4 Å². The fraction of sp³-hybridized carbons (Fsp3) is 0.771. The van der Waals surface area contributed by atoms with Crippen molar-refractivity contribution in [1.82, 2.24) is 20.9 Å². The molecule has 10 heteroatoms. The number of likely N-dealkylation sites (tertiary alicyclic amines) is 1. The van der Waals surface area contributed by atoms with E-state index in [0.717, 1.165) is 37.6 Å². The lowest BCUT2D eigenvalue weighted by Gasteiger charge is -2.47. The normalized spacial score (nSPS) is 23.8. The van der Waals surface area contributed by atoms with Crippen LogP contribution in [0.4, 0.5) is 0 Å². The number of nitrogens with one attached hydrogen (secondary N) is 3. The number of rotatable bonds is 12. The van der Waals surface area contributed by atoms with Crippen LogP contribution >= 0.6 is 0 Å². The lowest BCUT2D eigenvalue weighted by atomic mass is 9.72. The van der Waals surface area contributed by atoms with Crippen LogP contribution in [0.2, 0.25) is 0 Å². The maximum atomic E-state index is 14.0. The fourth-order valence-electron chi connectivity index (χ4n) is 6.69. The van der Waals surface area contributed by atoms with Gasteiger partial charge in [-0.05, 0) is 76.7 Å². The summed E-state index contributed by atoms with van der Waals surface area (Å²) in [5.74, 6) is 0.482. The summed E-state index contributed by atoms with van der Waals surface area (Å²) in [6, 6.07) is 7.55. The van der Waals surface area contributed by atoms with Gasteiger partial charge in [-0.3, -0.25) is 14.5 Å². The Morgan fingerprint density at radius 1 is 0.978 bits per heavy atom. The van der Waals surface area contributed by atoms with Gasteiger partial charge >= 0.3 is 0 Å². The predicted octanol–water partition coefficient (Wildman–Crippen LogP) is 3.70. The summed E-state index contributed by atoms with van der Waals surface area (Å²) >= 11 is 0. The van der Waals surface area contributed by atoms with E-state index in [4.69, 9.17) is 0 Å². The molecule has 1 aliphatic carbocycles. The third-order valence-electron chi connectivity index (χ3n) is 9.56. The van der Waals surface area contributed by atoms with E-state index >= 15 is 0 Å². The van der Waals surface area contributed by atoms with E-state index in [1.165, 1.54) is 12.8 Å². The van der Waals surface area contributed by atoms with Crippen molar-refractivity contribution in [1.29, 1.82) is 0 Å². The quantitative estimate of drug-likeness (QED) is 0.272. The SMILES string of the molecule is CC(C)(C)CN[C@H](C(=O)N[C@@H](Cc1ccccc1)[C@H](O)CN1C[C@H]2CCCC[C@H]2C[C@H]1C(=O)NC(C)(C)C)C(C)(C)S(C)(=O)=O. The van der Waals surface area contributed by atoms with Crippen molar-refractivity contribution in [3.63, 3.8) is 0 Å². The Hall–Kier alpha value is -2.01. The third kappa shape index (κ3) is 10.8. The molecule has 1 aliphatic heterocycles. The van der Waals surface area contributed by atoms with Crippen molar-refractivity contribution in [2.75, 3.05) is 25.9 Å². The van der Waals surface area contributed by atoms with Crippen molar-refractivity contribution in [2.45, 2.75) is 128 Å². The number of piperidine rings is 1. The van der Waals surface area contributed by atoms with Crippen LogP contribution in [0.15, 0.2) is 30.3 Å². The number of nitrogens with zero attached hydrogens (tertiary/aromatic N) is 1. The second kappa shape index (κ2) is 14.8. The van der Waals surface area contributed by atoms with Crippen molar-refractivity contribution < 1.29 is 23.1 Å². The van der Waals surface area contributed by atoms with Gasteiger partial charge < -0.3 is 21.1 Å². The van der Waals surface area contributed by atoms with Gasteiger partial charge in [0.1, 0.15) is 6.04 Å². The maximum Gasteiger partial charge on any atom is 0.239 e. The molecule has 0 aromatic heterocycles. The summed E-state index contributed by atoms with van der Waals surface area (Å²) in [6.45, 7) is 16.5. The van der Waals surface area contributed by atoms with Crippen molar-refractivity contribution in [3.05, 3.63) is 35.9 Å². The van der Waals surface area contributed by atoms with Crippen LogP contribution in [0.5, 0.6) is 0 Å². The molecule has 1 saturated heterocycles. The Morgan fingerprint density at radius 2 is 1.58 bits per heavy atom. The van der Waals surface area contributed by atoms with Gasteiger partial charge in [-0.2, -0.15) is 0 Å². The molecule has 0 spiro atoms. The molecule has 9 nitrogen and oxygen atoms in total. The number of amides is 2. The third-order valence-corrected chi connectivity index (χ3v) is 11.7. The molecule has 1 aromatic carbocycles. The molecular weight excluding hydrogens is 588 g/mol. The summed E-state index contributed by atoms with van der Waals surface area (Å²) in [4.78, 5) is 29.8. The summed E-state index contributed by atoms with van der Waals surface area (Å²) in [7, 11) is -3.63. The van der Waals surface area contributed by atoms with Crippen LogP contribution < -0.4 is 16.0 Å². The van der Waals surface area contributed by atoms with Gasteiger partial charge in [0.15, 0.2) is 9.84 Å². The van der Waals surface area contributed by atoms with Crippen molar-refractivity contribution in [2.24, 2.45) is 17.3 Å². The minimum absolute atomic E-state index is 0.0243. The molecule has 256 valence electrons. The first-order valence-corrected chi connectivity index (χ1v) is 18.6. The molecule has 4 N–H and O–H groups in total. The van der Waals surface area contributed by atoms with E-state index in [2.05, 4.69) is 20.9 Å². The van der Waals surface area contributed by atoms with Gasteiger partial charge in [0.25, 0.3) is 0 Å². The maximum absolute atomic E-state index is 14.0.